The van der Waals surface area contributed by atoms with Gasteiger partial charge in [0, 0.05) is 31.6 Å². The van der Waals surface area contributed by atoms with Crippen LogP contribution in [0, 0.1) is 34.5 Å². The quantitative estimate of drug-likeness (QED) is 0.684. The lowest BCUT2D eigenvalue weighted by Gasteiger charge is -2.38. The van der Waals surface area contributed by atoms with Gasteiger partial charge in [-0.25, -0.2) is 0 Å². The molecule has 1 aromatic rings. The van der Waals surface area contributed by atoms with Crippen LogP contribution in [0.25, 0.3) is 0 Å². The SMILES string of the molecule is C#C[C@@]1(CCN(C)C(=O)c2cc(C(F)(F)F)nn2CC)C=C(C#N)C(=O)C(C)(C)C1. The predicted octanol–water partition coefficient (Wildman–Crippen LogP) is 3.45. The maximum absolute atomic E-state index is 13.0. The average Bonchev–Trinajstić information content (AvgIpc) is 3.12. The van der Waals surface area contributed by atoms with E-state index in [9.17, 15) is 28.0 Å². The zero-order chi connectivity index (χ0) is 22.9. The molecule has 9 heteroatoms. The molecule has 6 nitrogen and oxygen atoms in total. The molecule has 0 radical (unpaired) electrons. The second-order valence-corrected chi connectivity index (χ2v) is 8.07. The second-order valence-electron chi connectivity index (χ2n) is 8.07. The summed E-state index contributed by atoms with van der Waals surface area (Å²) in [7, 11) is 1.46. The first kappa shape index (κ1) is 23.2. The van der Waals surface area contributed by atoms with Crippen molar-refractivity contribution in [2.45, 2.75) is 46.3 Å². The van der Waals surface area contributed by atoms with Crippen LogP contribution in [0.5, 0.6) is 0 Å². The normalized spacial score (nSPS) is 20.8. The number of Topliss-reactive ketones (excluding diaryl/α,β-unsaturated/α-hetero) is 1. The maximum atomic E-state index is 13.0. The van der Waals surface area contributed by atoms with E-state index in [-0.39, 0.29) is 36.6 Å². The molecule has 0 N–H and O–H groups in total. The number of amides is 1. The lowest BCUT2D eigenvalue weighted by molar-refractivity contribution is -0.141. The van der Waals surface area contributed by atoms with E-state index in [1.54, 1.807) is 20.8 Å². The number of ketones is 1. The fourth-order valence-electron chi connectivity index (χ4n) is 3.67. The third-order valence-electron chi connectivity index (χ3n) is 5.27. The molecule has 0 aromatic carbocycles. The van der Waals surface area contributed by atoms with Crippen molar-refractivity contribution >= 4 is 11.7 Å². The minimum absolute atomic E-state index is 0.0166. The van der Waals surface area contributed by atoms with Crippen molar-refractivity contribution in [3.8, 4) is 18.4 Å². The molecule has 1 aliphatic carbocycles. The number of aromatic nitrogens is 2. The standard InChI is InChI=1S/C21H23F3N4O2/c1-6-20(11-14(12-25)17(29)19(3,4)13-20)8-9-27(5)18(30)15-10-16(21(22,23)24)26-28(15)7-2/h1,10-11H,7-9,13H2,2-5H3/t20-/m1/s1. The van der Waals surface area contributed by atoms with Crippen LogP contribution >= 0.6 is 0 Å². The van der Waals surface area contributed by atoms with Crippen molar-refractivity contribution in [1.29, 1.82) is 5.26 Å². The Morgan fingerprint density at radius 3 is 2.57 bits per heavy atom. The molecule has 1 aliphatic rings. The highest BCUT2D eigenvalue weighted by Crippen LogP contribution is 2.44. The Hall–Kier alpha value is -3.07. The Bertz CT molecular complexity index is 976. The molecule has 160 valence electrons. The zero-order valence-electron chi connectivity index (χ0n) is 17.3. The van der Waals surface area contributed by atoms with Gasteiger partial charge in [0.1, 0.15) is 11.8 Å². The Balaban J connectivity index is 2.25. The number of nitriles is 1. The summed E-state index contributed by atoms with van der Waals surface area (Å²) in [5.74, 6) is 1.75. The van der Waals surface area contributed by atoms with Crippen LogP contribution in [0.4, 0.5) is 13.2 Å². The number of allylic oxidation sites excluding steroid dienone is 2. The summed E-state index contributed by atoms with van der Waals surface area (Å²) in [5.41, 5.74) is -3.07. The first-order valence-corrected chi connectivity index (χ1v) is 9.36. The molecule has 0 fully saturated rings. The average molecular weight is 420 g/mol. The molecule has 0 spiro atoms. The van der Waals surface area contributed by atoms with Crippen molar-refractivity contribution in [3.05, 3.63) is 29.1 Å². The van der Waals surface area contributed by atoms with Crippen LogP contribution in [0.2, 0.25) is 0 Å². The second kappa shape index (κ2) is 7.98. The Morgan fingerprint density at radius 2 is 2.07 bits per heavy atom. The molecule has 1 heterocycles. The van der Waals surface area contributed by atoms with Crippen LogP contribution in [-0.2, 0) is 17.5 Å². The molecule has 0 saturated carbocycles. The Kier molecular flexibility index (Phi) is 6.18. The maximum Gasteiger partial charge on any atom is 0.435 e. The third-order valence-corrected chi connectivity index (χ3v) is 5.27. The topological polar surface area (TPSA) is 79.0 Å². The molecular weight excluding hydrogens is 397 g/mol. The number of carbonyl (C=O) groups is 2. The molecule has 2 rings (SSSR count). The van der Waals surface area contributed by atoms with Gasteiger partial charge >= 0.3 is 6.18 Å². The van der Waals surface area contributed by atoms with Crippen LogP contribution in [-0.4, -0.2) is 40.0 Å². The van der Waals surface area contributed by atoms with Gasteiger partial charge < -0.3 is 4.90 Å². The molecule has 1 amide bonds. The number of hydrogen-bond donors (Lipinski definition) is 0. The van der Waals surface area contributed by atoms with E-state index in [4.69, 9.17) is 6.42 Å². The van der Waals surface area contributed by atoms with E-state index in [0.717, 1.165) is 10.7 Å². The van der Waals surface area contributed by atoms with Gasteiger partial charge in [-0.2, -0.15) is 23.5 Å². The Labute approximate surface area is 173 Å². The molecule has 0 unspecified atom stereocenters. The minimum atomic E-state index is -4.65. The molecule has 1 atom stereocenters. The molecule has 0 saturated heterocycles. The molecule has 0 aliphatic heterocycles. The summed E-state index contributed by atoms with van der Waals surface area (Å²) in [6.07, 6.45) is 3.10. The summed E-state index contributed by atoms with van der Waals surface area (Å²) in [6.45, 7) is 5.23. The smallest absolute Gasteiger partial charge is 0.340 e. The monoisotopic (exact) mass is 420 g/mol. The molecule has 0 bridgehead atoms. The van der Waals surface area contributed by atoms with Gasteiger partial charge in [-0.1, -0.05) is 19.8 Å². The van der Waals surface area contributed by atoms with E-state index in [0.29, 0.717) is 6.42 Å². The lowest BCUT2D eigenvalue weighted by atomic mass is 9.63. The number of rotatable bonds is 5. The fourth-order valence-corrected chi connectivity index (χ4v) is 3.67. The van der Waals surface area contributed by atoms with Crippen LogP contribution in [0.3, 0.4) is 0 Å². The predicted molar refractivity (Wildman–Crippen MR) is 103 cm³/mol. The first-order valence-electron chi connectivity index (χ1n) is 9.36. The lowest BCUT2D eigenvalue weighted by Crippen LogP contribution is -2.40. The van der Waals surface area contributed by atoms with Crippen LogP contribution in [0.1, 0.15) is 49.8 Å². The van der Waals surface area contributed by atoms with E-state index in [2.05, 4.69) is 11.0 Å². The van der Waals surface area contributed by atoms with Crippen molar-refractivity contribution in [1.82, 2.24) is 14.7 Å². The van der Waals surface area contributed by atoms with Crippen molar-refractivity contribution < 1.29 is 22.8 Å². The van der Waals surface area contributed by atoms with E-state index < -0.39 is 28.6 Å². The Morgan fingerprint density at radius 1 is 1.43 bits per heavy atom. The molecule has 30 heavy (non-hydrogen) atoms. The third kappa shape index (κ3) is 4.40. The molecular formula is C21H23F3N4O2. The summed E-state index contributed by atoms with van der Waals surface area (Å²) in [6, 6.07) is 2.62. The number of terminal acetylenes is 1. The summed E-state index contributed by atoms with van der Waals surface area (Å²) >= 11 is 0. The van der Waals surface area contributed by atoms with E-state index in [1.165, 1.54) is 18.0 Å². The van der Waals surface area contributed by atoms with Gasteiger partial charge in [-0.15, -0.1) is 6.42 Å². The minimum Gasteiger partial charge on any atom is -0.340 e. The largest absolute Gasteiger partial charge is 0.435 e. The van der Waals surface area contributed by atoms with Crippen LogP contribution in [0.15, 0.2) is 17.7 Å². The number of carbonyl (C=O) groups excluding carboxylic acids is 2. The van der Waals surface area contributed by atoms with Gasteiger partial charge in [0.2, 0.25) is 0 Å². The van der Waals surface area contributed by atoms with Gasteiger partial charge in [-0.05, 0) is 25.8 Å². The number of hydrogen-bond acceptors (Lipinski definition) is 4. The van der Waals surface area contributed by atoms with Crippen LogP contribution < -0.4 is 0 Å². The highest BCUT2D eigenvalue weighted by molar-refractivity contribution is 6.03. The van der Waals surface area contributed by atoms with Crippen molar-refractivity contribution in [2.75, 3.05) is 13.6 Å². The van der Waals surface area contributed by atoms with E-state index >= 15 is 0 Å². The summed E-state index contributed by atoms with van der Waals surface area (Å²) in [4.78, 5) is 26.4. The highest BCUT2D eigenvalue weighted by atomic mass is 19.4. The number of halogens is 3. The first-order chi connectivity index (χ1) is 13.8. The highest BCUT2D eigenvalue weighted by Gasteiger charge is 2.44. The van der Waals surface area contributed by atoms with Crippen molar-refractivity contribution in [2.24, 2.45) is 10.8 Å². The van der Waals surface area contributed by atoms with E-state index in [1.807, 2.05) is 6.07 Å². The number of nitrogens with zero attached hydrogens (tertiary/aromatic N) is 4. The number of alkyl halides is 3. The van der Waals surface area contributed by atoms with Gasteiger partial charge in [0.25, 0.3) is 5.91 Å². The summed E-state index contributed by atoms with van der Waals surface area (Å²) < 4.78 is 39.9. The molecule has 1 aromatic heterocycles. The number of aryl methyl sites for hydroxylation is 1. The van der Waals surface area contributed by atoms with Gasteiger partial charge in [0.05, 0.1) is 11.0 Å². The van der Waals surface area contributed by atoms with Gasteiger partial charge in [0.15, 0.2) is 11.5 Å². The van der Waals surface area contributed by atoms with Gasteiger partial charge in [-0.3, -0.25) is 14.3 Å². The van der Waals surface area contributed by atoms with Crippen molar-refractivity contribution in [3.63, 3.8) is 0 Å². The fraction of sp³-hybridized carbons (Fsp3) is 0.524. The zero-order valence-corrected chi connectivity index (χ0v) is 17.3. The summed E-state index contributed by atoms with van der Waals surface area (Å²) in [5, 5.41) is 12.7.